The molecule has 1 spiro atoms. The zero-order chi connectivity index (χ0) is 30.9. The Labute approximate surface area is 255 Å². The molecule has 1 aromatic carbocycles. The predicted molar refractivity (Wildman–Crippen MR) is 152 cm³/mol. The van der Waals surface area contributed by atoms with Gasteiger partial charge in [-0.25, -0.2) is 14.6 Å². The van der Waals surface area contributed by atoms with Crippen LogP contribution in [0, 0.1) is 23.7 Å². The third-order valence-corrected chi connectivity index (χ3v) is 9.36. The molecule has 0 radical (unpaired) electrons. The van der Waals surface area contributed by atoms with Crippen LogP contribution in [0.25, 0.3) is 0 Å². The Kier molecular flexibility index (Phi) is 8.88. The largest absolute Gasteiger partial charge is 0.493 e. The number of nitrogens with one attached hydrogen (secondary N) is 1. The zero-order valence-electron chi connectivity index (χ0n) is 25.6. The molecule has 8 atom stereocenters. The van der Waals surface area contributed by atoms with E-state index in [1.54, 1.807) is 25.1 Å². The van der Waals surface area contributed by atoms with E-state index in [9.17, 15) is 9.59 Å². The molecule has 7 rings (SSSR count). The van der Waals surface area contributed by atoms with Crippen LogP contribution in [0.4, 0.5) is 5.69 Å². The third-order valence-electron chi connectivity index (χ3n) is 9.36. The molecule has 1 N–H and O–H groups in total. The minimum Gasteiger partial charge on any atom is -0.493 e. The van der Waals surface area contributed by atoms with Crippen LogP contribution in [0.5, 0.6) is 5.75 Å². The Morgan fingerprint density at radius 1 is 1.14 bits per heavy atom. The molecule has 1 saturated carbocycles. The van der Waals surface area contributed by atoms with Gasteiger partial charge in [-0.15, -0.1) is 10.2 Å². The second-order valence-corrected chi connectivity index (χ2v) is 12.3. The maximum Gasteiger partial charge on any atom is 0.341 e. The number of hydrogen-bond acceptors (Lipinski definition) is 12. The lowest BCUT2D eigenvalue weighted by molar-refractivity contribution is -0.577. The maximum atomic E-state index is 12.6. The van der Waals surface area contributed by atoms with E-state index in [2.05, 4.69) is 34.6 Å². The standard InChI is InChI=1S/C30H41N5O9/c1-5-38-26(37)21-9-8-20(33-25(36)16-35-32-17-31-34-35)15-24(21)39-13-6-14-40-27-19(3)23-10-7-18(2)22-11-12-29(4)42-28(41-27)30(22,23)44-43-29/h8-9,15,17-19,22-23,27-28H,5-7,10-14,16H2,1-4H3,(H,33,36)/t18-,19-,22?,23+,27+,28-,29-,30-/m1/s1. The van der Waals surface area contributed by atoms with Crippen LogP contribution >= 0.6 is 0 Å². The number of carbonyl (C=O) groups excluding carboxylic acids is 2. The first-order chi connectivity index (χ1) is 21.2. The van der Waals surface area contributed by atoms with Gasteiger partial charge in [-0.3, -0.25) is 4.79 Å². The molecule has 1 amide bonds. The number of nitrogens with zero attached hydrogens (tertiary/aromatic N) is 4. The molecule has 2 aromatic rings. The van der Waals surface area contributed by atoms with Crippen LogP contribution in [0.1, 0.15) is 70.2 Å². The lowest BCUT2D eigenvalue weighted by Crippen LogP contribution is -2.70. The summed E-state index contributed by atoms with van der Waals surface area (Å²) in [7, 11) is 0. The van der Waals surface area contributed by atoms with Gasteiger partial charge in [0.2, 0.25) is 11.7 Å². The van der Waals surface area contributed by atoms with Gasteiger partial charge in [-0.2, -0.15) is 4.80 Å². The molecule has 44 heavy (non-hydrogen) atoms. The highest BCUT2D eigenvalue weighted by Gasteiger charge is 2.69. The topological polar surface area (TPSA) is 154 Å². The first kappa shape index (κ1) is 30.8. The first-order valence-corrected chi connectivity index (χ1v) is 15.5. The molecule has 1 aliphatic carbocycles. The van der Waals surface area contributed by atoms with Crippen LogP contribution in [-0.2, 0) is 40.1 Å². The fourth-order valence-electron chi connectivity index (χ4n) is 7.19. The van der Waals surface area contributed by atoms with Crippen molar-refractivity contribution < 1.29 is 43.0 Å². The summed E-state index contributed by atoms with van der Waals surface area (Å²) in [4.78, 5) is 38.2. The van der Waals surface area contributed by atoms with Gasteiger partial charge in [-0.1, -0.05) is 13.8 Å². The van der Waals surface area contributed by atoms with Crippen LogP contribution in [0.3, 0.4) is 0 Å². The van der Waals surface area contributed by atoms with Gasteiger partial charge in [-0.05, 0) is 62.3 Å². The van der Waals surface area contributed by atoms with Crippen molar-refractivity contribution in [3.63, 3.8) is 0 Å². The van der Waals surface area contributed by atoms with E-state index in [-0.39, 0.29) is 43.1 Å². The number of hydrogen-bond donors (Lipinski definition) is 1. The minimum atomic E-state index is -0.839. The number of fused-ring (bicyclic) bond motifs is 2. The van der Waals surface area contributed by atoms with Gasteiger partial charge in [0.25, 0.3) is 0 Å². The molecular weight excluding hydrogens is 574 g/mol. The van der Waals surface area contributed by atoms with E-state index in [4.69, 9.17) is 33.5 Å². The van der Waals surface area contributed by atoms with Crippen molar-refractivity contribution in [2.75, 3.05) is 25.1 Å². The molecule has 14 heteroatoms. The van der Waals surface area contributed by atoms with Crippen molar-refractivity contribution in [2.24, 2.45) is 23.7 Å². The van der Waals surface area contributed by atoms with E-state index < -0.39 is 29.9 Å². The summed E-state index contributed by atoms with van der Waals surface area (Å²) in [5.74, 6) is -0.389. The molecule has 1 aromatic heterocycles. The SMILES string of the molecule is CCOC(=O)c1ccc(NC(=O)Cn2ncnn2)cc1OCCCO[C@H]1O[C@@H]2O[C@@]3(C)CCC4[C@H](C)CC[C@@H]([C@H]1C)[C@]42OO3. The molecular formula is C30H41N5O9. The average Bonchev–Trinajstić information content (AvgIpc) is 3.40. The molecule has 14 nitrogen and oxygen atoms in total. The fraction of sp³-hybridized carbons (Fsp3) is 0.700. The van der Waals surface area contributed by atoms with Crippen LogP contribution in [-0.4, -0.2) is 75.9 Å². The first-order valence-electron chi connectivity index (χ1n) is 15.5. The second kappa shape index (κ2) is 12.7. The summed E-state index contributed by atoms with van der Waals surface area (Å²) in [5, 5.41) is 13.9. The van der Waals surface area contributed by atoms with E-state index in [0.29, 0.717) is 36.3 Å². The Morgan fingerprint density at radius 2 is 2.00 bits per heavy atom. The van der Waals surface area contributed by atoms with Crippen molar-refractivity contribution in [3.8, 4) is 5.75 Å². The second-order valence-electron chi connectivity index (χ2n) is 12.3. The quantitative estimate of drug-likeness (QED) is 0.224. The van der Waals surface area contributed by atoms with E-state index in [1.807, 2.05) is 6.92 Å². The van der Waals surface area contributed by atoms with Crippen molar-refractivity contribution >= 4 is 17.6 Å². The summed E-state index contributed by atoms with van der Waals surface area (Å²) < 4.78 is 30.4. The third kappa shape index (κ3) is 5.93. The number of ether oxygens (including phenoxy) is 5. The highest BCUT2D eigenvalue weighted by Crippen LogP contribution is 2.60. The average molecular weight is 616 g/mol. The molecule has 240 valence electrons. The fourth-order valence-corrected chi connectivity index (χ4v) is 7.19. The number of rotatable bonds is 11. The molecule has 5 heterocycles. The molecule has 2 bridgehead atoms. The van der Waals surface area contributed by atoms with Crippen LogP contribution < -0.4 is 10.1 Å². The smallest absolute Gasteiger partial charge is 0.341 e. The van der Waals surface area contributed by atoms with Crippen molar-refractivity contribution in [1.82, 2.24) is 20.2 Å². The molecule has 5 aliphatic rings. The van der Waals surface area contributed by atoms with Crippen LogP contribution in [0.2, 0.25) is 0 Å². The van der Waals surface area contributed by atoms with E-state index in [1.165, 1.54) is 6.33 Å². The monoisotopic (exact) mass is 615 g/mol. The summed E-state index contributed by atoms with van der Waals surface area (Å²) in [6.07, 6.45) is 4.58. The van der Waals surface area contributed by atoms with Crippen molar-refractivity contribution in [3.05, 3.63) is 30.1 Å². The normalized spacial score (nSPS) is 34.1. The van der Waals surface area contributed by atoms with E-state index >= 15 is 0 Å². The maximum absolute atomic E-state index is 12.6. The van der Waals surface area contributed by atoms with Crippen LogP contribution in [0.15, 0.2) is 24.5 Å². The highest BCUT2D eigenvalue weighted by molar-refractivity contribution is 5.95. The summed E-state index contributed by atoms with van der Waals surface area (Å²) in [6.45, 7) is 8.82. The number of aromatic nitrogens is 4. The van der Waals surface area contributed by atoms with Crippen molar-refractivity contribution in [1.29, 1.82) is 0 Å². The number of tetrazole rings is 1. The van der Waals surface area contributed by atoms with Crippen molar-refractivity contribution in [2.45, 2.75) is 90.3 Å². The predicted octanol–water partition coefficient (Wildman–Crippen LogP) is 3.48. The highest BCUT2D eigenvalue weighted by atomic mass is 17.3. The van der Waals surface area contributed by atoms with E-state index in [0.717, 1.165) is 30.5 Å². The number of esters is 1. The Balaban J connectivity index is 1.06. The summed E-state index contributed by atoms with van der Waals surface area (Å²) in [6, 6.07) is 4.76. The number of amides is 1. The number of benzene rings is 1. The lowest BCUT2D eigenvalue weighted by Gasteiger charge is -2.60. The molecule has 4 saturated heterocycles. The molecule has 5 fully saturated rings. The van der Waals surface area contributed by atoms with Gasteiger partial charge in [0, 0.05) is 36.4 Å². The Morgan fingerprint density at radius 3 is 2.80 bits per heavy atom. The molecule has 1 unspecified atom stereocenters. The summed E-state index contributed by atoms with van der Waals surface area (Å²) >= 11 is 0. The van der Waals surface area contributed by atoms with Gasteiger partial charge in [0.1, 0.15) is 17.9 Å². The number of carbonyl (C=O) groups is 2. The van der Waals surface area contributed by atoms with Gasteiger partial charge in [0.05, 0.1) is 19.8 Å². The Hall–Kier alpha value is -3.17. The van der Waals surface area contributed by atoms with Gasteiger partial charge >= 0.3 is 5.97 Å². The molecule has 4 aliphatic heterocycles. The zero-order valence-corrected chi connectivity index (χ0v) is 25.6. The number of anilines is 1. The van der Waals surface area contributed by atoms with Gasteiger partial charge < -0.3 is 29.0 Å². The summed E-state index contributed by atoms with van der Waals surface area (Å²) in [5.41, 5.74) is 0.0762. The lowest BCUT2D eigenvalue weighted by atomic mass is 9.58. The Bertz CT molecular complexity index is 1330. The van der Waals surface area contributed by atoms with Gasteiger partial charge in [0.15, 0.2) is 24.5 Å². The minimum absolute atomic E-state index is 0.0697.